The summed E-state index contributed by atoms with van der Waals surface area (Å²) >= 11 is 0. The Labute approximate surface area is 198 Å². The van der Waals surface area contributed by atoms with Crippen molar-refractivity contribution in [2.45, 2.75) is 18.8 Å². The van der Waals surface area contributed by atoms with Crippen LogP contribution in [0.2, 0.25) is 0 Å². The van der Waals surface area contributed by atoms with Crippen LogP contribution in [0.3, 0.4) is 0 Å². The average molecular weight is 461 g/mol. The number of nitrogens with zero attached hydrogens (tertiary/aromatic N) is 1. The molecule has 5 atom stereocenters. The fourth-order valence-electron chi connectivity index (χ4n) is 6.18. The number of nitrogens with one attached hydrogen (secondary N) is 1. The lowest BCUT2D eigenvalue weighted by molar-refractivity contribution is -0.139. The molecule has 7 heteroatoms. The highest BCUT2D eigenvalue weighted by Crippen LogP contribution is 2.52. The number of likely N-dealkylation sites (tertiary alicyclic amines) is 1. The molecule has 5 unspecified atom stereocenters. The van der Waals surface area contributed by atoms with Gasteiger partial charge in [-0.2, -0.15) is 0 Å². The second kappa shape index (κ2) is 8.15. The van der Waals surface area contributed by atoms with Crippen LogP contribution >= 0.6 is 0 Å². The number of carbonyl (C=O) groups is 3. The molecule has 1 aliphatic heterocycles. The number of hydrogen-bond acceptors (Lipinski definition) is 4. The van der Waals surface area contributed by atoms with E-state index in [1.165, 1.54) is 22.3 Å². The monoisotopic (exact) mass is 460 g/mol. The number of ether oxygens (including phenoxy) is 1. The van der Waals surface area contributed by atoms with Gasteiger partial charge < -0.3 is 20.1 Å². The molecule has 0 spiro atoms. The Morgan fingerprint density at radius 2 is 1.68 bits per heavy atom. The lowest BCUT2D eigenvalue weighted by atomic mass is 9.98. The molecule has 1 saturated heterocycles. The maximum Gasteiger partial charge on any atom is 0.407 e. The van der Waals surface area contributed by atoms with Crippen molar-refractivity contribution in [2.24, 2.45) is 29.6 Å². The van der Waals surface area contributed by atoms with E-state index in [4.69, 9.17) is 4.74 Å². The molecule has 0 bridgehead atoms. The maximum atomic E-state index is 12.8. The summed E-state index contributed by atoms with van der Waals surface area (Å²) < 4.78 is 5.58. The molecule has 2 saturated carbocycles. The molecule has 7 nitrogen and oxygen atoms in total. The van der Waals surface area contributed by atoms with Crippen LogP contribution in [-0.2, 0) is 14.3 Å². The Morgan fingerprint density at radius 3 is 2.35 bits per heavy atom. The first-order valence-corrected chi connectivity index (χ1v) is 12.1. The molecule has 2 aromatic rings. The van der Waals surface area contributed by atoms with Gasteiger partial charge >= 0.3 is 12.1 Å². The lowest BCUT2D eigenvalue weighted by Gasteiger charge is -2.26. The minimum absolute atomic E-state index is 0.0216. The molecule has 2 amide bonds. The molecule has 0 radical (unpaired) electrons. The van der Waals surface area contributed by atoms with Crippen LogP contribution in [0.5, 0.6) is 0 Å². The number of fused-ring (bicyclic) bond motifs is 4. The molecular formula is C27H28N2O5. The molecule has 176 valence electrons. The summed E-state index contributed by atoms with van der Waals surface area (Å²) in [6.45, 7) is 1.90. The van der Waals surface area contributed by atoms with E-state index >= 15 is 0 Å². The molecule has 3 aliphatic carbocycles. The van der Waals surface area contributed by atoms with Crippen LogP contribution < -0.4 is 5.32 Å². The van der Waals surface area contributed by atoms with Gasteiger partial charge in [-0.15, -0.1) is 0 Å². The van der Waals surface area contributed by atoms with E-state index in [9.17, 15) is 19.5 Å². The quantitative estimate of drug-likeness (QED) is 0.689. The second-order valence-electron chi connectivity index (χ2n) is 10.1. The van der Waals surface area contributed by atoms with E-state index in [-0.39, 0.29) is 48.0 Å². The van der Waals surface area contributed by atoms with Crippen LogP contribution in [0.25, 0.3) is 11.1 Å². The predicted molar refractivity (Wildman–Crippen MR) is 124 cm³/mol. The zero-order valence-corrected chi connectivity index (χ0v) is 18.9. The summed E-state index contributed by atoms with van der Waals surface area (Å²) in [4.78, 5) is 38.3. The van der Waals surface area contributed by atoms with Crippen LogP contribution in [-0.4, -0.2) is 54.2 Å². The zero-order chi connectivity index (χ0) is 23.4. The Kier molecular flexibility index (Phi) is 5.08. The first-order chi connectivity index (χ1) is 16.5. The van der Waals surface area contributed by atoms with Crippen molar-refractivity contribution in [1.29, 1.82) is 0 Å². The Bertz CT molecular complexity index is 1120. The third-order valence-electron chi connectivity index (χ3n) is 8.18. The molecule has 3 fully saturated rings. The summed E-state index contributed by atoms with van der Waals surface area (Å²) in [5.74, 6) is -0.475. The summed E-state index contributed by atoms with van der Waals surface area (Å²) in [6.07, 6.45) is 1.08. The van der Waals surface area contributed by atoms with Crippen molar-refractivity contribution < 1.29 is 24.2 Å². The van der Waals surface area contributed by atoms with E-state index in [0.29, 0.717) is 19.6 Å². The van der Waals surface area contributed by atoms with Gasteiger partial charge in [-0.1, -0.05) is 48.5 Å². The standard InChI is InChI=1S/C27H28N2O5/c30-25(29-10-9-20-22(13-29)24(20)26(31)32)21-11-15(21)12-28-27(33)34-14-23-18-7-3-1-5-16(18)17-6-2-4-8-19(17)23/h1-8,15,20-24H,9-14H2,(H,28,33)(H,31,32). The fraction of sp³-hybridized carbons (Fsp3) is 0.444. The summed E-state index contributed by atoms with van der Waals surface area (Å²) in [5, 5.41) is 12.1. The van der Waals surface area contributed by atoms with Crippen molar-refractivity contribution in [3.8, 4) is 11.1 Å². The molecule has 34 heavy (non-hydrogen) atoms. The third-order valence-corrected chi connectivity index (χ3v) is 8.18. The Morgan fingerprint density at radius 1 is 1.00 bits per heavy atom. The normalized spacial score (nSPS) is 28.4. The molecule has 1 heterocycles. The largest absolute Gasteiger partial charge is 0.481 e. The van der Waals surface area contributed by atoms with Crippen molar-refractivity contribution in [2.75, 3.05) is 26.2 Å². The van der Waals surface area contributed by atoms with Gasteiger partial charge in [0.15, 0.2) is 0 Å². The molecule has 6 rings (SSSR count). The van der Waals surface area contributed by atoms with Gasteiger partial charge in [0.25, 0.3) is 0 Å². The second-order valence-corrected chi connectivity index (χ2v) is 10.1. The number of amides is 2. The minimum Gasteiger partial charge on any atom is -0.481 e. The van der Waals surface area contributed by atoms with Gasteiger partial charge in [0.2, 0.25) is 5.91 Å². The highest BCUT2D eigenvalue weighted by atomic mass is 16.5. The predicted octanol–water partition coefficient (Wildman–Crippen LogP) is 3.34. The van der Waals surface area contributed by atoms with Crippen molar-refractivity contribution in [1.82, 2.24) is 10.2 Å². The van der Waals surface area contributed by atoms with Gasteiger partial charge in [-0.05, 0) is 52.8 Å². The van der Waals surface area contributed by atoms with E-state index in [0.717, 1.165) is 12.8 Å². The highest BCUT2D eigenvalue weighted by molar-refractivity contribution is 5.83. The van der Waals surface area contributed by atoms with Crippen LogP contribution in [0.1, 0.15) is 29.9 Å². The minimum atomic E-state index is -0.735. The van der Waals surface area contributed by atoms with Crippen LogP contribution in [0.15, 0.2) is 48.5 Å². The third kappa shape index (κ3) is 3.63. The Hall–Kier alpha value is -3.35. The van der Waals surface area contributed by atoms with E-state index < -0.39 is 12.1 Å². The van der Waals surface area contributed by atoms with Gasteiger partial charge in [0, 0.05) is 31.5 Å². The first kappa shape index (κ1) is 21.2. The van der Waals surface area contributed by atoms with Crippen LogP contribution in [0.4, 0.5) is 4.79 Å². The number of aliphatic carboxylic acids is 1. The van der Waals surface area contributed by atoms with Gasteiger partial charge in [-0.25, -0.2) is 4.79 Å². The Balaban J connectivity index is 0.979. The number of rotatable bonds is 6. The number of benzene rings is 2. The number of carboxylic acid groups (broad SMARTS) is 1. The smallest absolute Gasteiger partial charge is 0.407 e. The van der Waals surface area contributed by atoms with E-state index in [1.807, 2.05) is 29.2 Å². The number of carboxylic acids is 1. The fourth-order valence-corrected chi connectivity index (χ4v) is 6.18. The lowest BCUT2D eigenvalue weighted by Crippen LogP contribution is -2.38. The SMILES string of the molecule is O=C(NCC1CC1C(=O)N1CCC2C(C1)C2C(=O)O)OCC1c2ccccc2-c2ccccc21. The van der Waals surface area contributed by atoms with E-state index in [1.54, 1.807) is 0 Å². The number of hydrogen-bond donors (Lipinski definition) is 2. The number of piperidine rings is 1. The number of alkyl carbamates (subject to hydrolysis) is 1. The highest BCUT2D eigenvalue weighted by Gasteiger charge is 2.58. The zero-order valence-electron chi connectivity index (χ0n) is 18.9. The maximum absolute atomic E-state index is 12.8. The van der Waals surface area contributed by atoms with Gasteiger partial charge in [-0.3, -0.25) is 9.59 Å². The summed E-state index contributed by atoms with van der Waals surface area (Å²) in [5.41, 5.74) is 4.73. The number of carbonyl (C=O) groups excluding carboxylic acids is 2. The summed E-state index contributed by atoms with van der Waals surface area (Å²) in [6, 6.07) is 16.4. The molecular weight excluding hydrogens is 432 g/mol. The molecule has 4 aliphatic rings. The van der Waals surface area contributed by atoms with Crippen LogP contribution in [0, 0.1) is 29.6 Å². The first-order valence-electron chi connectivity index (χ1n) is 12.1. The molecule has 2 N–H and O–H groups in total. The van der Waals surface area contributed by atoms with Crippen molar-refractivity contribution >= 4 is 18.0 Å². The molecule has 0 aromatic heterocycles. The van der Waals surface area contributed by atoms with Crippen molar-refractivity contribution in [3.05, 3.63) is 59.7 Å². The topological polar surface area (TPSA) is 95.9 Å². The van der Waals surface area contributed by atoms with Gasteiger partial charge in [0.05, 0.1) is 5.92 Å². The van der Waals surface area contributed by atoms with Crippen molar-refractivity contribution in [3.63, 3.8) is 0 Å². The van der Waals surface area contributed by atoms with Gasteiger partial charge in [0.1, 0.15) is 6.61 Å². The van der Waals surface area contributed by atoms with E-state index in [2.05, 4.69) is 29.6 Å². The average Bonchev–Trinajstić information content (AvgIpc) is 3.75. The molecule has 2 aromatic carbocycles. The summed E-state index contributed by atoms with van der Waals surface area (Å²) in [7, 11) is 0.